The van der Waals surface area contributed by atoms with Crippen LogP contribution < -0.4 is 5.32 Å². The van der Waals surface area contributed by atoms with Gasteiger partial charge in [0.2, 0.25) is 5.91 Å². The van der Waals surface area contributed by atoms with E-state index in [2.05, 4.69) is 10.3 Å². The molecular formula is C17H26N2O. The average Bonchev–Trinajstić information content (AvgIpc) is 2.92. The Labute approximate surface area is 122 Å². The molecule has 0 spiro atoms. The van der Waals surface area contributed by atoms with Crippen LogP contribution in [-0.2, 0) is 10.3 Å². The quantitative estimate of drug-likeness (QED) is 0.857. The third-order valence-corrected chi connectivity index (χ3v) is 4.25. The van der Waals surface area contributed by atoms with Gasteiger partial charge in [-0.15, -0.1) is 0 Å². The van der Waals surface area contributed by atoms with Crippen LogP contribution in [0.5, 0.6) is 0 Å². The molecule has 2 rings (SSSR count). The van der Waals surface area contributed by atoms with Crippen molar-refractivity contribution in [3.63, 3.8) is 0 Å². The molecule has 3 nitrogen and oxygen atoms in total. The van der Waals surface area contributed by atoms with Gasteiger partial charge < -0.3 is 5.32 Å². The zero-order chi connectivity index (χ0) is 14.4. The summed E-state index contributed by atoms with van der Waals surface area (Å²) in [6.07, 6.45) is 10.1. The summed E-state index contributed by atoms with van der Waals surface area (Å²) in [6.45, 7) is 4.01. The SMILES string of the molecule is CC(C)(NC(=O)CCCC1CCCC1)c1ccccn1. The Bertz CT molecular complexity index is 422. The second-order valence-corrected chi connectivity index (χ2v) is 6.43. The second-order valence-electron chi connectivity index (χ2n) is 6.43. The minimum atomic E-state index is -0.397. The number of rotatable bonds is 6. The molecule has 3 heteroatoms. The number of hydrogen-bond donors (Lipinski definition) is 1. The lowest BCUT2D eigenvalue weighted by atomic mass is 9.98. The average molecular weight is 274 g/mol. The molecule has 0 unspecified atom stereocenters. The first-order valence-electron chi connectivity index (χ1n) is 7.80. The minimum Gasteiger partial charge on any atom is -0.346 e. The Kier molecular flexibility index (Phi) is 5.16. The van der Waals surface area contributed by atoms with Crippen molar-refractivity contribution in [1.82, 2.24) is 10.3 Å². The Morgan fingerprint density at radius 3 is 2.75 bits per heavy atom. The van der Waals surface area contributed by atoms with Crippen molar-refractivity contribution in [3.05, 3.63) is 30.1 Å². The summed E-state index contributed by atoms with van der Waals surface area (Å²) in [5.41, 5.74) is 0.509. The van der Waals surface area contributed by atoms with Gasteiger partial charge in [0.05, 0.1) is 11.2 Å². The number of nitrogens with one attached hydrogen (secondary N) is 1. The van der Waals surface area contributed by atoms with Crippen molar-refractivity contribution in [2.24, 2.45) is 5.92 Å². The van der Waals surface area contributed by atoms with Gasteiger partial charge in [-0.05, 0) is 44.7 Å². The lowest BCUT2D eigenvalue weighted by Crippen LogP contribution is -2.41. The third kappa shape index (κ3) is 4.32. The first-order valence-corrected chi connectivity index (χ1v) is 7.80. The summed E-state index contributed by atoms with van der Waals surface area (Å²) >= 11 is 0. The van der Waals surface area contributed by atoms with Crippen LogP contribution in [0.15, 0.2) is 24.4 Å². The number of pyridine rings is 1. The van der Waals surface area contributed by atoms with Crippen LogP contribution in [0.3, 0.4) is 0 Å². The summed E-state index contributed by atoms with van der Waals surface area (Å²) in [5, 5.41) is 3.10. The van der Waals surface area contributed by atoms with Crippen molar-refractivity contribution in [2.45, 2.75) is 64.3 Å². The van der Waals surface area contributed by atoms with E-state index in [9.17, 15) is 4.79 Å². The summed E-state index contributed by atoms with van der Waals surface area (Å²) in [7, 11) is 0. The predicted molar refractivity (Wildman–Crippen MR) is 81.2 cm³/mol. The van der Waals surface area contributed by atoms with E-state index in [1.165, 1.54) is 32.1 Å². The van der Waals surface area contributed by atoms with Crippen LogP contribution in [0.1, 0.15) is 64.5 Å². The van der Waals surface area contributed by atoms with Gasteiger partial charge in [0, 0.05) is 12.6 Å². The third-order valence-electron chi connectivity index (χ3n) is 4.25. The molecule has 110 valence electrons. The molecular weight excluding hydrogens is 248 g/mol. The van der Waals surface area contributed by atoms with Gasteiger partial charge in [-0.25, -0.2) is 0 Å². The topological polar surface area (TPSA) is 42.0 Å². The monoisotopic (exact) mass is 274 g/mol. The van der Waals surface area contributed by atoms with E-state index in [0.717, 1.165) is 18.0 Å². The molecule has 1 saturated carbocycles. The number of carbonyl (C=O) groups is 1. The van der Waals surface area contributed by atoms with Crippen LogP contribution >= 0.6 is 0 Å². The van der Waals surface area contributed by atoms with E-state index < -0.39 is 5.54 Å². The van der Waals surface area contributed by atoms with E-state index >= 15 is 0 Å². The maximum Gasteiger partial charge on any atom is 0.220 e. The molecule has 1 N–H and O–H groups in total. The van der Waals surface area contributed by atoms with Crippen molar-refractivity contribution >= 4 is 5.91 Å². The smallest absolute Gasteiger partial charge is 0.220 e. The van der Waals surface area contributed by atoms with Crippen LogP contribution in [-0.4, -0.2) is 10.9 Å². The van der Waals surface area contributed by atoms with Crippen LogP contribution in [0.2, 0.25) is 0 Å². The molecule has 1 aromatic heterocycles. The highest BCUT2D eigenvalue weighted by molar-refractivity contribution is 5.76. The Balaban J connectivity index is 1.75. The van der Waals surface area contributed by atoms with Crippen molar-refractivity contribution < 1.29 is 4.79 Å². The van der Waals surface area contributed by atoms with Crippen LogP contribution in [0, 0.1) is 5.92 Å². The summed E-state index contributed by atoms with van der Waals surface area (Å²) in [5.74, 6) is 1.00. The Hall–Kier alpha value is -1.38. The fourth-order valence-corrected chi connectivity index (χ4v) is 3.06. The zero-order valence-corrected chi connectivity index (χ0v) is 12.7. The van der Waals surface area contributed by atoms with Gasteiger partial charge >= 0.3 is 0 Å². The van der Waals surface area contributed by atoms with E-state index in [0.29, 0.717) is 6.42 Å². The van der Waals surface area contributed by atoms with E-state index in [4.69, 9.17) is 0 Å². The number of amides is 1. The number of carbonyl (C=O) groups excluding carboxylic acids is 1. The van der Waals surface area contributed by atoms with Crippen molar-refractivity contribution in [2.75, 3.05) is 0 Å². The number of aromatic nitrogens is 1. The first kappa shape index (κ1) is 15.0. The fourth-order valence-electron chi connectivity index (χ4n) is 3.06. The van der Waals surface area contributed by atoms with Gasteiger partial charge in [0.25, 0.3) is 0 Å². The minimum absolute atomic E-state index is 0.138. The molecule has 20 heavy (non-hydrogen) atoms. The molecule has 1 aliphatic rings. The first-order chi connectivity index (χ1) is 9.58. The molecule has 0 aromatic carbocycles. The van der Waals surface area contributed by atoms with Crippen molar-refractivity contribution in [3.8, 4) is 0 Å². The molecule has 0 atom stereocenters. The van der Waals surface area contributed by atoms with Crippen molar-refractivity contribution in [1.29, 1.82) is 0 Å². The molecule has 1 aromatic rings. The van der Waals surface area contributed by atoms with Gasteiger partial charge in [-0.2, -0.15) is 0 Å². The lowest BCUT2D eigenvalue weighted by Gasteiger charge is -2.25. The molecule has 0 bridgehead atoms. The Morgan fingerprint density at radius 1 is 1.35 bits per heavy atom. The molecule has 0 aliphatic heterocycles. The largest absolute Gasteiger partial charge is 0.346 e. The van der Waals surface area contributed by atoms with E-state index in [-0.39, 0.29) is 5.91 Å². The van der Waals surface area contributed by atoms with Gasteiger partial charge in [-0.3, -0.25) is 9.78 Å². The lowest BCUT2D eigenvalue weighted by molar-refractivity contribution is -0.123. The molecule has 1 heterocycles. The maximum atomic E-state index is 12.1. The fraction of sp³-hybridized carbons (Fsp3) is 0.647. The van der Waals surface area contributed by atoms with Gasteiger partial charge in [0.1, 0.15) is 0 Å². The van der Waals surface area contributed by atoms with Crippen LogP contribution in [0.4, 0.5) is 0 Å². The van der Waals surface area contributed by atoms with Gasteiger partial charge in [0.15, 0.2) is 0 Å². The standard InChI is InChI=1S/C17H26N2O/c1-17(2,15-11-5-6-13-18-15)19-16(20)12-7-10-14-8-3-4-9-14/h5-6,11,13-14H,3-4,7-10,12H2,1-2H3,(H,19,20). The highest BCUT2D eigenvalue weighted by Crippen LogP contribution is 2.29. The number of hydrogen-bond acceptors (Lipinski definition) is 2. The van der Waals surface area contributed by atoms with E-state index in [1.807, 2.05) is 32.0 Å². The maximum absolute atomic E-state index is 12.1. The highest BCUT2D eigenvalue weighted by atomic mass is 16.1. The predicted octanol–water partition coefficient (Wildman–Crippen LogP) is 3.79. The molecule has 1 fully saturated rings. The Morgan fingerprint density at radius 2 is 2.10 bits per heavy atom. The van der Waals surface area contributed by atoms with E-state index in [1.54, 1.807) is 6.20 Å². The second kappa shape index (κ2) is 6.87. The zero-order valence-electron chi connectivity index (χ0n) is 12.7. The molecule has 1 amide bonds. The molecule has 1 aliphatic carbocycles. The van der Waals surface area contributed by atoms with Gasteiger partial charge in [-0.1, -0.05) is 31.7 Å². The molecule has 0 saturated heterocycles. The highest BCUT2D eigenvalue weighted by Gasteiger charge is 2.24. The summed E-state index contributed by atoms with van der Waals surface area (Å²) < 4.78 is 0. The number of nitrogens with zero attached hydrogens (tertiary/aromatic N) is 1. The van der Waals surface area contributed by atoms with Crippen LogP contribution in [0.25, 0.3) is 0 Å². The normalized spacial score (nSPS) is 16.3. The summed E-state index contributed by atoms with van der Waals surface area (Å²) in [6, 6.07) is 5.80. The molecule has 0 radical (unpaired) electrons. The summed E-state index contributed by atoms with van der Waals surface area (Å²) in [4.78, 5) is 16.4.